The zero-order valence-corrected chi connectivity index (χ0v) is 14.6. The minimum Gasteiger partial charge on any atom is -0.481 e. The first-order chi connectivity index (χ1) is 12.1. The zero-order valence-electron chi connectivity index (χ0n) is 13.8. The van der Waals surface area contributed by atoms with Gasteiger partial charge in [-0.05, 0) is 0 Å². The Balaban J connectivity index is 5.16. The fourth-order valence-electron chi connectivity index (χ4n) is 1.79. The summed E-state index contributed by atoms with van der Waals surface area (Å²) in [4.78, 5) is 67.7. The van der Waals surface area contributed by atoms with Crippen molar-refractivity contribution in [3.63, 3.8) is 0 Å². The number of amides is 3. The van der Waals surface area contributed by atoms with E-state index in [1.807, 2.05) is 5.32 Å². The zero-order chi connectivity index (χ0) is 20.3. The third-order valence-corrected chi connectivity index (χ3v) is 3.38. The molecule has 0 saturated heterocycles. The summed E-state index contributed by atoms with van der Waals surface area (Å²) in [6, 6.07) is -4.10. The average Bonchev–Trinajstić information content (AvgIpc) is 2.51. The van der Waals surface area contributed by atoms with Crippen LogP contribution in [0, 0.1) is 0 Å². The highest BCUT2D eigenvalue weighted by Crippen LogP contribution is 2.01. The van der Waals surface area contributed by atoms with Crippen molar-refractivity contribution in [2.75, 3.05) is 5.75 Å². The minimum absolute atomic E-state index is 0.0389. The molecule has 0 heterocycles. The molecular formula is C13H18BN3O8S. The smallest absolute Gasteiger partial charge is 0.305 e. The summed E-state index contributed by atoms with van der Waals surface area (Å²) in [5.74, 6) is -5.27. The molecule has 0 bridgehead atoms. The first kappa shape index (κ1) is 23.4. The lowest BCUT2D eigenvalue weighted by molar-refractivity contribution is -0.142. The summed E-state index contributed by atoms with van der Waals surface area (Å²) in [6.07, 6.45) is -1.35. The van der Waals surface area contributed by atoms with E-state index in [-0.39, 0.29) is 12.0 Å². The van der Waals surface area contributed by atoms with Gasteiger partial charge < -0.3 is 31.0 Å². The number of hydrogen-bond acceptors (Lipinski definition) is 7. The lowest BCUT2D eigenvalue weighted by Gasteiger charge is -2.22. The van der Waals surface area contributed by atoms with Gasteiger partial charge >= 0.3 is 11.9 Å². The van der Waals surface area contributed by atoms with Crippen LogP contribution in [-0.2, 0) is 28.8 Å². The van der Waals surface area contributed by atoms with Crippen LogP contribution in [0.5, 0.6) is 0 Å². The van der Waals surface area contributed by atoms with Crippen LogP contribution in [0.3, 0.4) is 0 Å². The maximum Gasteiger partial charge on any atom is 0.305 e. The maximum absolute atomic E-state index is 12.2. The number of carboxylic acids is 2. The summed E-state index contributed by atoms with van der Waals surface area (Å²) in [5.41, 5.74) is 0. The summed E-state index contributed by atoms with van der Waals surface area (Å²) in [6.45, 7) is 1.16. The van der Waals surface area contributed by atoms with Gasteiger partial charge in [-0.2, -0.15) is 0 Å². The highest BCUT2D eigenvalue weighted by Gasteiger charge is 2.29. The number of hydrogen-bond donors (Lipinski definition) is 5. The van der Waals surface area contributed by atoms with E-state index < -0.39 is 60.6 Å². The molecule has 2 radical (unpaired) electrons. The molecule has 3 amide bonds. The Labute approximate surface area is 153 Å². The summed E-state index contributed by atoms with van der Waals surface area (Å²) in [7, 11) is 5.26. The Morgan fingerprint density at radius 3 is 1.92 bits per heavy atom. The molecule has 0 aromatic heterocycles. The second kappa shape index (κ2) is 11.9. The standard InChI is InChI=1S/C13H18BN3O8S/c1-6(19)15-9(5-26-14)13(25)17-8(3-11(22)23)12(24)16-7(4-18)2-10(20)21/h4,7-9H,2-3,5H2,1H3,(H,15,19)(H,16,24)(H,17,25)(H,20,21)(H,22,23)/t7-,8-,9-/m0/s1. The van der Waals surface area contributed by atoms with Gasteiger partial charge in [-0.15, -0.1) is 0 Å². The number of nitrogens with one attached hydrogen (secondary N) is 3. The van der Waals surface area contributed by atoms with Crippen LogP contribution in [0.2, 0.25) is 0 Å². The SMILES string of the molecule is [B]SC[C@H](NC(C)=O)C(=O)N[C@@H](CC(=O)O)C(=O)N[C@H](C=O)CC(=O)O. The van der Waals surface area contributed by atoms with E-state index in [0.717, 1.165) is 18.5 Å². The third-order valence-electron chi connectivity index (χ3n) is 2.86. The largest absolute Gasteiger partial charge is 0.481 e. The van der Waals surface area contributed by atoms with Gasteiger partial charge in [-0.1, -0.05) is 0 Å². The number of carbonyl (C=O) groups is 6. The van der Waals surface area contributed by atoms with Gasteiger partial charge in [0.25, 0.3) is 0 Å². The first-order valence-corrected chi connectivity index (χ1v) is 8.24. The van der Waals surface area contributed by atoms with E-state index in [0.29, 0.717) is 0 Å². The highest BCUT2D eigenvalue weighted by atomic mass is 32.2. The van der Waals surface area contributed by atoms with Crippen molar-refractivity contribution in [2.24, 2.45) is 0 Å². The van der Waals surface area contributed by atoms with E-state index in [2.05, 4.69) is 10.6 Å². The van der Waals surface area contributed by atoms with Gasteiger partial charge in [0.2, 0.25) is 17.7 Å². The van der Waals surface area contributed by atoms with Crippen molar-refractivity contribution in [1.82, 2.24) is 16.0 Å². The van der Waals surface area contributed by atoms with Gasteiger partial charge in [0.1, 0.15) is 18.4 Å². The highest BCUT2D eigenvalue weighted by molar-refractivity contribution is 8.19. The molecule has 3 atom stereocenters. The monoisotopic (exact) mass is 387 g/mol. The Hall–Kier alpha value is -2.57. The summed E-state index contributed by atoms with van der Waals surface area (Å²) < 4.78 is 0. The van der Waals surface area contributed by atoms with Crippen molar-refractivity contribution in [3.8, 4) is 0 Å². The minimum atomic E-state index is -1.59. The molecule has 0 aliphatic heterocycles. The second-order valence-electron chi connectivity index (χ2n) is 5.09. The quantitative estimate of drug-likeness (QED) is 0.178. The molecule has 0 aromatic carbocycles. The number of carbonyl (C=O) groups excluding carboxylic acids is 4. The predicted molar refractivity (Wildman–Crippen MR) is 90.2 cm³/mol. The van der Waals surface area contributed by atoms with Crippen LogP contribution >= 0.6 is 11.6 Å². The molecule has 0 rings (SSSR count). The lowest BCUT2D eigenvalue weighted by atomic mass is 10.1. The molecule has 0 aliphatic carbocycles. The molecule has 142 valence electrons. The molecule has 0 aromatic rings. The Kier molecular flexibility index (Phi) is 10.7. The van der Waals surface area contributed by atoms with Crippen molar-refractivity contribution < 1.29 is 39.0 Å². The van der Waals surface area contributed by atoms with Gasteiger partial charge in [0, 0.05) is 12.7 Å². The number of rotatable bonds is 12. The lowest BCUT2D eigenvalue weighted by Crippen LogP contribution is -2.56. The van der Waals surface area contributed by atoms with Crippen LogP contribution in [0.4, 0.5) is 0 Å². The van der Waals surface area contributed by atoms with Crippen molar-refractivity contribution in [3.05, 3.63) is 0 Å². The Bertz CT molecular complexity index is 574. The summed E-state index contributed by atoms with van der Waals surface area (Å²) in [5, 5.41) is 24.0. The average molecular weight is 387 g/mol. The molecule has 11 nitrogen and oxygen atoms in total. The molecule has 0 unspecified atom stereocenters. The van der Waals surface area contributed by atoms with Gasteiger partial charge in [-0.25, -0.2) is 11.6 Å². The van der Waals surface area contributed by atoms with Crippen molar-refractivity contribution in [2.45, 2.75) is 37.9 Å². The maximum atomic E-state index is 12.2. The molecule has 0 aliphatic rings. The normalized spacial score (nSPS) is 13.6. The Morgan fingerprint density at radius 1 is 0.962 bits per heavy atom. The van der Waals surface area contributed by atoms with Crippen LogP contribution in [0.1, 0.15) is 19.8 Å². The van der Waals surface area contributed by atoms with E-state index in [9.17, 15) is 28.8 Å². The fraction of sp³-hybridized carbons (Fsp3) is 0.538. The molecule has 13 heteroatoms. The van der Waals surface area contributed by atoms with Crippen LogP contribution in [0.25, 0.3) is 0 Å². The molecule has 26 heavy (non-hydrogen) atoms. The van der Waals surface area contributed by atoms with E-state index >= 15 is 0 Å². The first-order valence-electron chi connectivity index (χ1n) is 7.19. The second-order valence-corrected chi connectivity index (χ2v) is 5.76. The van der Waals surface area contributed by atoms with E-state index in [4.69, 9.17) is 17.3 Å². The van der Waals surface area contributed by atoms with E-state index in [1.54, 1.807) is 0 Å². The topological polar surface area (TPSA) is 179 Å². The van der Waals surface area contributed by atoms with Crippen LogP contribution in [0.15, 0.2) is 0 Å². The summed E-state index contributed by atoms with van der Waals surface area (Å²) >= 11 is 0.747. The molecule has 0 saturated carbocycles. The van der Waals surface area contributed by atoms with Gasteiger partial charge in [0.05, 0.1) is 18.9 Å². The van der Waals surface area contributed by atoms with Crippen molar-refractivity contribution >= 4 is 54.7 Å². The van der Waals surface area contributed by atoms with Gasteiger partial charge in [-0.3, -0.25) is 24.0 Å². The fourth-order valence-corrected chi connectivity index (χ4v) is 2.21. The molecule has 5 N–H and O–H groups in total. The molecular weight excluding hydrogens is 369 g/mol. The predicted octanol–water partition coefficient (Wildman–Crippen LogP) is -2.57. The number of aldehydes is 1. The van der Waals surface area contributed by atoms with Crippen LogP contribution < -0.4 is 16.0 Å². The number of carboxylic acid groups (broad SMARTS) is 2. The van der Waals surface area contributed by atoms with E-state index in [1.165, 1.54) is 0 Å². The third kappa shape index (κ3) is 9.66. The van der Waals surface area contributed by atoms with Crippen molar-refractivity contribution in [1.29, 1.82) is 0 Å². The molecule has 0 fully saturated rings. The molecule has 0 spiro atoms. The number of aliphatic carboxylic acids is 2. The van der Waals surface area contributed by atoms with Crippen LogP contribution in [-0.4, -0.2) is 77.2 Å². The van der Waals surface area contributed by atoms with Gasteiger partial charge in [0.15, 0.2) is 7.12 Å². The Morgan fingerprint density at radius 2 is 1.50 bits per heavy atom.